The number of carbonyl (C=O) groups is 4. The van der Waals surface area contributed by atoms with Gasteiger partial charge in [-0.15, -0.1) is 0 Å². The Morgan fingerprint density at radius 1 is 1.16 bits per heavy atom. The van der Waals surface area contributed by atoms with Crippen molar-refractivity contribution in [1.82, 2.24) is 19.5 Å². The number of benzene rings is 1. The lowest BCUT2D eigenvalue weighted by Crippen LogP contribution is -2.52. The Bertz CT molecular complexity index is 1300. The van der Waals surface area contributed by atoms with E-state index in [1.165, 1.54) is 30.3 Å². The lowest BCUT2D eigenvalue weighted by atomic mass is 10.1. The number of amides is 2. The van der Waals surface area contributed by atoms with Crippen molar-refractivity contribution in [2.24, 2.45) is 0 Å². The number of ether oxygens (including phenoxy) is 1. The summed E-state index contributed by atoms with van der Waals surface area (Å²) in [6.45, 7) is 1.50. The number of aromatic nitrogens is 1. The number of sulfonamides is 1. The predicted molar refractivity (Wildman–Crippen MR) is 132 cm³/mol. The molecule has 1 aromatic carbocycles. The van der Waals surface area contributed by atoms with Gasteiger partial charge in [-0.1, -0.05) is 13.3 Å². The highest BCUT2D eigenvalue weighted by Gasteiger charge is 2.55. The zero-order valence-corrected chi connectivity index (χ0v) is 21.3. The molecular formula is C25H28N4O7S. The first-order chi connectivity index (χ1) is 17.7. The van der Waals surface area contributed by atoms with E-state index in [4.69, 9.17) is 4.74 Å². The first-order valence-corrected chi connectivity index (χ1v) is 13.4. The summed E-state index contributed by atoms with van der Waals surface area (Å²) < 4.78 is 32.2. The number of ketones is 1. The topological polar surface area (TPSA) is 143 Å². The highest BCUT2D eigenvalue weighted by Crippen LogP contribution is 2.33. The number of likely N-dealkylation sites (tertiary alicyclic amines) is 1. The molecular weight excluding hydrogens is 500 g/mol. The van der Waals surface area contributed by atoms with Gasteiger partial charge in [0, 0.05) is 24.5 Å². The summed E-state index contributed by atoms with van der Waals surface area (Å²) in [6.07, 6.45) is 3.70. The standard InChI is InChI=1S/C25H28N4O7S/c1-3-5-19(27-23(31)16-7-9-18(36-2)10-8-16)24(32)28-13-11-20-22(28)21(30)15-29(20)37(34,35)25(33)17-6-4-12-26-14-17/h4,6-10,12,14,19-20,22H,3,5,11,13,15H2,1-2H3,(H,27,31). The fourth-order valence-corrected chi connectivity index (χ4v) is 6.32. The second-order valence-corrected chi connectivity index (χ2v) is 10.7. The third-order valence-electron chi connectivity index (χ3n) is 6.63. The van der Waals surface area contributed by atoms with Gasteiger partial charge in [0.05, 0.1) is 25.3 Å². The van der Waals surface area contributed by atoms with Gasteiger partial charge >= 0.3 is 0 Å². The van der Waals surface area contributed by atoms with Crippen LogP contribution in [0.5, 0.6) is 5.75 Å². The first-order valence-electron chi connectivity index (χ1n) is 11.9. The summed E-state index contributed by atoms with van der Waals surface area (Å²) in [7, 11) is -2.99. The summed E-state index contributed by atoms with van der Waals surface area (Å²) >= 11 is 0. The quantitative estimate of drug-likeness (QED) is 0.535. The molecule has 0 aliphatic carbocycles. The molecule has 4 rings (SSSR count). The smallest absolute Gasteiger partial charge is 0.293 e. The van der Waals surface area contributed by atoms with E-state index in [-0.39, 0.29) is 18.5 Å². The number of hydrogen-bond donors (Lipinski definition) is 1. The number of Topliss-reactive ketones (excluding diaryl/α,β-unsaturated/α-hetero) is 1. The average molecular weight is 529 g/mol. The van der Waals surface area contributed by atoms with Gasteiger partial charge in [-0.05, 0) is 49.2 Å². The Kier molecular flexibility index (Phi) is 7.69. The van der Waals surface area contributed by atoms with Crippen LogP contribution in [0.25, 0.3) is 0 Å². The maximum atomic E-state index is 13.5. The molecule has 2 aliphatic heterocycles. The van der Waals surface area contributed by atoms with Crippen LogP contribution in [-0.4, -0.2) is 83.6 Å². The molecule has 3 atom stereocenters. The van der Waals surface area contributed by atoms with Crippen LogP contribution in [0.4, 0.5) is 0 Å². The van der Waals surface area contributed by atoms with E-state index in [0.29, 0.717) is 24.2 Å². The van der Waals surface area contributed by atoms with Crippen LogP contribution < -0.4 is 10.1 Å². The van der Waals surface area contributed by atoms with Gasteiger partial charge < -0.3 is 15.0 Å². The molecule has 196 valence electrons. The zero-order valence-electron chi connectivity index (χ0n) is 20.5. The van der Waals surface area contributed by atoms with Gasteiger partial charge in [-0.2, -0.15) is 4.31 Å². The Morgan fingerprint density at radius 2 is 1.89 bits per heavy atom. The van der Waals surface area contributed by atoms with E-state index in [1.54, 1.807) is 24.3 Å². The fraction of sp³-hybridized carbons (Fsp3) is 0.400. The van der Waals surface area contributed by atoms with Crippen molar-refractivity contribution < 1.29 is 32.3 Å². The number of methoxy groups -OCH3 is 1. The van der Waals surface area contributed by atoms with E-state index in [9.17, 15) is 27.6 Å². The van der Waals surface area contributed by atoms with Crippen LogP contribution >= 0.6 is 0 Å². The number of fused-ring (bicyclic) bond motifs is 1. The summed E-state index contributed by atoms with van der Waals surface area (Å²) in [5.74, 6) is -0.783. The number of rotatable bonds is 8. The molecule has 2 aromatic rings. The molecule has 3 heterocycles. The Morgan fingerprint density at radius 3 is 2.51 bits per heavy atom. The van der Waals surface area contributed by atoms with E-state index < -0.39 is 57.4 Å². The van der Waals surface area contributed by atoms with Crippen LogP contribution in [-0.2, 0) is 19.6 Å². The molecule has 2 saturated heterocycles. The van der Waals surface area contributed by atoms with Crippen LogP contribution in [0.15, 0.2) is 48.8 Å². The van der Waals surface area contributed by atoms with E-state index in [1.807, 2.05) is 6.92 Å². The van der Waals surface area contributed by atoms with Crippen LogP contribution in [0, 0.1) is 0 Å². The summed E-state index contributed by atoms with van der Waals surface area (Å²) in [5.41, 5.74) is 0.241. The van der Waals surface area contributed by atoms with Crippen molar-refractivity contribution in [2.45, 2.75) is 44.3 Å². The van der Waals surface area contributed by atoms with Gasteiger partial charge in [0.1, 0.15) is 17.8 Å². The SMILES string of the molecule is CCCC(NC(=O)c1ccc(OC)cc1)C(=O)N1CCC2C1C(=O)CN2S(=O)(=O)C(=O)c1cccnc1. The second-order valence-electron chi connectivity index (χ2n) is 8.92. The van der Waals surface area contributed by atoms with Crippen molar-refractivity contribution >= 4 is 32.7 Å². The van der Waals surface area contributed by atoms with Crippen LogP contribution in [0.1, 0.15) is 46.9 Å². The molecule has 0 saturated carbocycles. The average Bonchev–Trinajstić information content (AvgIpc) is 3.49. The molecule has 0 radical (unpaired) electrons. The van der Waals surface area contributed by atoms with Crippen LogP contribution in [0.3, 0.4) is 0 Å². The monoisotopic (exact) mass is 528 g/mol. The summed E-state index contributed by atoms with van der Waals surface area (Å²) in [6, 6.07) is 6.46. The van der Waals surface area contributed by atoms with Crippen LogP contribution in [0.2, 0.25) is 0 Å². The number of nitrogens with zero attached hydrogens (tertiary/aromatic N) is 3. The van der Waals surface area contributed by atoms with Gasteiger partial charge in [0.25, 0.3) is 21.0 Å². The molecule has 0 bridgehead atoms. The normalized spacial score (nSPS) is 20.4. The summed E-state index contributed by atoms with van der Waals surface area (Å²) in [4.78, 5) is 57.1. The fourth-order valence-electron chi connectivity index (χ4n) is 4.81. The molecule has 11 nitrogen and oxygen atoms in total. The number of hydrogen-bond acceptors (Lipinski definition) is 8. The highest BCUT2D eigenvalue weighted by atomic mass is 32.2. The van der Waals surface area contributed by atoms with Crippen molar-refractivity contribution in [3.05, 3.63) is 59.9 Å². The minimum atomic E-state index is -4.50. The van der Waals surface area contributed by atoms with Crippen molar-refractivity contribution in [1.29, 1.82) is 0 Å². The van der Waals surface area contributed by atoms with Crippen molar-refractivity contribution in [3.63, 3.8) is 0 Å². The Hall–Kier alpha value is -3.64. The minimum Gasteiger partial charge on any atom is -0.497 e. The molecule has 37 heavy (non-hydrogen) atoms. The Labute approximate surface area is 214 Å². The number of pyridine rings is 1. The molecule has 2 amide bonds. The van der Waals surface area contributed by atoms with Gasteiger partial charge in [0.15, 0.2) is 5.78 Å². The van der Waals surface area contributed by atoms with E-state index >= 15 is 0 Å². The minimum absolute atomic E-state index is 0.103. The lowest BCUT2D eigenvalue weighted by Gasteiger charge is -2.28. The molecule has 2 aliphatic rings. The summed E-state index contributed by atoms with van der Waals surface area (Å²) in [5, 5.41) is 1.61. The predicted octanol–water partition coefficient (Wildman–Crippen LogP) is 1.01. The van der Waals surface area contributed by atoms with E-state index in [0.717, 1.165) is 10.5 Å². The molecule has 1 N–H and O–H groups in total. The lowest BCUT2D eigenvalue weighted by molar-refractivity contribution is -0.138. The van der Waals surface area contributed by atoms with Gasteiger partial charge in [-0.3, -0.25) is 24.2 Å². The molecule has 3 unspecified atom stereocenters. The zero-order chi connectivity index (χ0) is 26.7. The first kappa shape index (κ1) is 26.4. The molecule has 2 fully saturated rings. The highest BCUT2D eigenvalue weighted by molar-refractivity contribution is 8.04. The second kappa shape index (κ2) is 10.8. The van der Waals surface area contributed by atoms with Crippen molar-refractivity contribution in [2.75, 3.05) is 20.2 Å². The Balaban J connectivity index is 1.51. The third-order valence-corrected chi connectivity index (χ3v) is 8.36. The third kappa shape index (κ3) is 5.12. The van der Waals surface area contributed by atoms with Gasteiger partial charge in [0.2, 0.25) is 5.91 Å². The number of nitrogens with one attached hydrogen (secondary N) is 1. The van der Waals surface area contributed by atoms with Gasteiger partial charge in [-0.25, -0.2) is 8.42 Å². The van der Waals surface area contributed by atoms with Crippen molar-refractivity contribution in [3.8, 4) is 5.75 Å². The molecule has 0 spiro atoms. The number of carbonyl (C=O) groups excluding carboxylic acids is 4. The maximum absolute atomic E-state index is 13.5. The molecule has 1 aromatic heterocycles. The van der Waals surface area contributed by atoms with E-state index in [2.05, 4.69) is 10.3 Å². The maximum Gasteiger partial charge on any atom is 0.293 e. The largest absolute Gasteiger partial charge is 0.497 e. The molecule has 12 heteroatoms.